The van der Waals surface area contributed by atoms with Gasteiger partial charge >= 0.3 is 6.03 Å². The van der Waals surface area contributed by atoms with Crippen molar-refractivity contribution in [3.8, 4) is 17.2 Å². The fourth-order valence-corrected chi connectivity index (χ4v) is 4.14. The van der Waals surface area contributed by atoms with Crippen LogP contribution < -0.4 is 24.4 Å². The molecule has 1 aliphatic rings. The van der Waals surface area contributed by atoms with Crippen LogP contribution in [0.1, 0.15) is 18.9 Å². The number of rotatable bonds is 10. The minimum absolute atomic E-state index is 0.134. The van der Waals surface area contributed by atoms with Gasteiger partial charge in [-0.15, -0.1) is 0 Å². The number of imide groups is 1. The van der Waals surface area contributed by atoms with Crippen molar-refractivity contribution in [2.75, 3.05) is 31.0 Å². The Kier molecular flexibility index (Phi) is 7.92. The van der Waals surface area contributed by atoms with Gasteiger partial charge in [-0.05, 0) is 73.2 Å². The zero-order valence-electron chi connectivity index (χ0n) is 21.0. The molecule has 0 saturated carbocycles. The molecule has 9 heteroatoms. The van der Waals surface area contributed by atoms with Gasteiger partial charge in [0.25, 0.3) is 5.91 Å². The molecule has 1 fully saturated rings. The number of benzene rings is 3. The normalized spacial score (nSPS) is 15.1. The smallest absolute Gasteiger partial charge is 0.332 e. The van der Waals surface area contributed by atoms with E-state index in [-0.39, 0.29) is 18.9 Å². The Morgan fingerprint density at radius 3 is 2.22 bits per heavy atom. The summed E-state index contributed by atoms with van der Waals surface area (Å²) in [6.45, 7) is 2.56. The van der Waals surface area contributed by atoms with E-state index in [0.717, 1.165) is 10.5 Å². The van der Waals surface area contributed by atoms with E-state index < -0.39 is 18.0 Å². The maximum atomic E-state index is 13.5. The van der Waals surface area contributed by atoms with Gasteiger partial charge in [0.2, 0.25) is 5.91 Å². The summed E-state index contributed by atoms with van der Waals surface area (Å²) >= 11 is 0. The van der Waals surface area contributed by atoms with Gasteiger partial charge in [-0.2, -0.15) is 0 Å². The summed E-state index contributed by atoms with van der Waals surface area (Å²) in [6, 6.07) is 19.3. The molecular formula is C28H29N3O6. The van der Waals surface area contributed by atoms with Crippen LogP contribution in [0.25, 0.3) is 0 Å². The molecule has 1 aliphatic heterocycles. The molecule has 9 nitrogen and oxygen atoms in total. The van der Waals surface area contributed by atoms with Crippen LogP contribution >= 0.6 is 0 Å². The highest BCUT2D eigenvalue weighted by molar-refractivity contribution is 6.22. The molecule has 0 bridgehead atoms. The number of methoxy groups -OCH3 is 2. The van der Waals surface area contributed by atoms with Crippen LogP contribution in [0.5, 0.6) is 17.2 Å². The maximum Gasteiger partial charge on any atom is 0.332 e. The lowest BCUT2D eigenvalue weighted by molar-refractivity contribution is -0.124. The highest BCUT2D eigenvalue weighted by atomic mass is 16.5. The number of amides is 4. The first kappa shape index (κ1) is 25.6. The van der Waals surface area contributed by atoms with E-state index in [4.69, 9.17) is 14.2 Å². The van der Waals surface area contributed by atoms with Crippen LogP contribution in [0.3, 0.4) is 0 Å². The summed E-state index contributed by atoms with van der Waals surface area (Å²) < 4.78 is 15.9. The van der Waals surface area contributed by atoms with Crippen LogP contribution in [0.2, 0.25) is 0 Å². The first-order chi connectivity index (χ1) is 17.9. The molecule has 1 heterocycles. The predicted molar refractivity (Wildman–Crippen MR) is 139 cm³/mol. The molecule has 192 valence electrons. The van der Waals surface area contributed by atoms with Crippen LogP contribution in [0, 0.1) is 0 Å². The number of anilines is 2. The van der Waals surface area contributed by atoms with Gasteiger partial charge in [-0.3, -0.25) is 9.59 Å². The van der Waals surface area contributed by atoms with Crippen molar-refractivity contribution in [3.05, 3.63) is 78.4 Å². The summed E-state index contributed by atoms with van der Waals surface area (Å²) in [5.74, 6) is 1.06. The Morgan fingerprint density at radius 1 is 0.892 bits per heavy atom. The third kappa shape index (κ3) is 5.83. The average molecular weight is 504 g/mol. The number of nitrogens with zero attached hydrogens (tertiary/aromatic N) is 2. The number of carbonyl (C=O) groups is 3. The first-order valence-electron chi connectivity index (χ1n) is 11.9. The number of urea groups is 1. The monoisotopic (exact) mass is 503 g/mol. The molecular weight excluding hydrogens is 474 g/mol. The molecule has 4 rings (SSSR count). The standard InChI is InChI=1S/C28H29N3O6/c1-4-37-23-12-8-20(9-13-23)29-26(32)17-25-27(33)31(21-10-14-22(35-2)15-11-21)28(34)30(25)18-19-6-5-7-24(16-19)36-3/h5-16,25H,4,17-18H2,1-3H3,(H,29,32). The summed E-state index contributed by atoms with van der Waals surface area (Å²) in [5.41, 5.74) is 1.74. The molecule has 0 aromatic heterocycles. The van der Waals surface area contributed by atoms with Gasteiger partial charge in [0, 0.05) is 12.2 Å². The number of nitrogens with one attached hydrogen (secondary N) is 1. The molecule has 4 amide bonds. The second kappa shape index (κ2) is 11.5. The lowest BCUT2D eigenvalue weighted by Crippen LogP contribution is -2.37. The summed E-state index contributed by atoms with van der Waals surface area (Å²) in [7, 11) is 3.10. The van der Waals surface area contributed by atoms with E-state index in [1.54, 1.807) is 67.8 Å². The quantitative estimate of drug-likeness (QED) is 0.410. The third-order valence-electron chi connectivity index (χ3n) is 5.96. The molecule has 3 aromatic carbocycles. The van der Waals surface area contributed by atoms with Crippen molar-refractivity contribution in [2.45, 2.75) is 25.9 Å². The van der Waals surface area contributed by atoms with Gasteiger partial charge in [0.05, 0.1) is 32.9 Å². The lowest BCUT2D eigenvalue weighted by Gasteiger charge is -2.22. The second-order valence-corrected chi connectivity index (χ2v) is 8.36. The number of hydrogen-bond donors (Lipinski definition) is 1. The molecule has 1 N–H and O–H groups in total. The van der Waals surface area contributed by atoms with E-state index in [9.17, 15) is 14.4 Å². The van der Waals surface area contributed by atoms with E-state index in [1.165, 1.54) is 12.0 Å². The van der Waals surface area contributed by atoms with Gasteiger partial charge in [0.1, 0.15) is 23.3 Å². The Labute approximate surface area is 215 Å². The fraction of sp³-hybridized carbons (Fsp3) is 0.250. The zero-order valence-corrected chi connectivity index (χ0v) is 21.0. The van der Waals surface area contributed by atoms with Crippen LogP contribution in [0.4, 0.5) is 16.2 Å². The highest BCUT2D eigenvalue weighted by Gasteiger charge is 2.46. The molecule has 0 spiro atoms. The van der Waals surface area contributed by atoms with Gasteiger partial charge in [-0.25, -0.2) is 9.69 Å². The number of ether oxygens (including phenoxy) is 3. The minimum Gasteiger partial charge on any atom is -0.497 e. The van der Waals surface area contributed by atoms with E-state index in [0.29, 0.717) is 35.2 Å². The van der Waals surface area contributed by atoms with Crippen molar-refractivity contribution in [2.24, 2.45) is 0 Å². The van der Waals surface area contributed by atoms with E-state index in [2.05, 4.69) is 5.32 Å². The first-order valence-corrected chi connectivity index (χ1v) is 11.9. The molecule has 1 unspecified atom stereocenters. The Bertz CT molecular complexity index is 1260. The molecule has 3 aromatic rings. The SMILES string of the molecule is CCOc1ccc(NC(=O)CC2C(=O)N(c3ccc(OC)cc3)C(=O)N2Cc2cccc(OC)c2)cc1. The lowest BCUT2D eigenvalue weighted by atomic mass is 10.1. The fourth-order valence-electron chi connectivity index (χ4n) is 4.14. The molecule has 1 saturated heterocycles. The Balaban J connectivity index is 1.57. The van der Waals surface area contributed by atoms with Gasteiger partial charge in [0.15, 0.2) is 0 Å². The molecule has 0 radical (unpaired) electrons. The van der Waals surface area contributed by atoms with Gasteiger partial charge < -0.3 is 24.4 Å². The largest absolute Gasteiger partial charge is 0.497 e. The predicted octanol–water partition coefficient (Wildman–Crippen LogP) is 4.47. The van der Waals surface area contributed by atoms with Crippen LogP contribution in [0.15, 0.2) is 72.8 Å². The number of carbonyl (C=O) groups excluding carboxylic acids is 3. The Morgan fingerprint density at radius 2 is 1.57 bits per heavy atom. The third-order valence-corrected chi connectivity index (χ3v) is 5.96. The van der Waals surface area contributed by atoms with E-state index >= 15 is 0 Å². The molecule has 0 aliphatic carbocycles. The van der Waals surface area contributed by atoms with Crippen LogP contribution in [-0.4, -0.2) is 49.6 Å². The van der Waals surface area contributed by atoms with Gasteiger partial charge in [-0.1, -0.05) is 12.1 Å². The van der Waals surface area contributed by atoms with Crippen molar-refractivity contribution < 1.29 is 28.6 Å². The molecule has 37 heavy (non-hydrogen) atoms. The summed E-state index contributed by atoms with van der Waals surface area (Å²) in [4.78, 5) is 42.5. The maximum absolute atomic E-state index is 13.5. The average Bonchev–Trinajstić information content (AvgIpc) is 3.14. The molecule has 1 atom stereocenters. The van der Waals surface area contributed by atoms with Crippen molar-refractivity contribution in [3.63, 3.8) is 0 Å². The topological polar surface area (TPSA) is 97.4 Å². The van der Waals surface area contributed by atoms with E-state index in [1.807, 2.05) is 19.1 Å². The minimum atomic E-state index is -0.983. The number of hydrogen-bond acceptors (Lipinski definition) is 6. The van der Waals surface area contributed by atoms with Crippen molar-refractivity contribution in [1.29, 1.82) is 0 Å². The Hall–Kier alpha value is -4.53. The summed E-state index contributed by atoms with van der Waals surface area (Å²) in [5, 5.41) is 2.81. The second-order valence-electron chi connectivity index (χ2n) is 8.36. The van der Waals surface area contributed by atoms with Crippen molar-refractivity contribution >= 4 is 29.2 Å². The van der Waals surface area contributed by atoms with Crippen molar-refractivity contribution in [1.82, 2.24) is 4.90 Å². The zero-order chi connectivity index (χ0) is 26.4. The summed E-state index contributed by atoms with van der Waals surface area (Å²) in [6.07, 6.45) is -0.200. The highest BCUT2D eigenvalue weighted by Crippen LogP contribution is 2.30. The van der Waals surface area contributed by atoms with Crippen LogP contribution in [-0.2, 0) is 16.1 Å².